The number of benzene rings is 1. The van der Waals surface area contributed by atoms with E-state index in [9.17, 15) is 18.3 Å². The van der Waals surface area contributed by atoms with Gasteiger partial charge in [0.05, 0.1) is 6.10 Å². The van der Waals surface area contributed by atoms with Crippen LogP contribution in [0.1, 0.15) is 18.1 Å². The third-order valence-electron chi connectivity index (χ3n) is 2.17. The molecule has 0 unspecified atom stereocenters. The molecule has 1 aromatic carbocycles. The Morgan fingerprint density at radius 3 is 2.06 bits per heavy atom. The van der Waals surface area contributed by atoms with Crippen LogP contribution in [0, 0.1) is 0 Å². The monoisotopic (exact) mass is 287 g/mol. The van der Waals surface area contributed by atoms with Crippen molar-refractivity contribution >= 4 is 23.2 Å². The molecule has 0 radical (unpaired) electrons. The van der Waals surface area contributed by atoms with Gasteiger partial charge in [0.25, 0.3) is 0 Å². The van der Waals surface area contributed by atoms with E-state index >= 15 is 0 Å². The van der Waals surface area contributed by atoms with Crippen LogP contribution < -0.4 is 5.73 Å². The minimum atomic E-state index is -4.54. The second-order valence-electron chi connectivity index (χ2n) is 3.60. The third kappa shape index (κ3) is 4.35. The van der Waals surface area contributed by atoms with Crippen LogP contribution in [0.5, 0.6) is 0 Å². The van der Waals surface area contributed by atoms with Crippen LogP contribution in [0.3, 0.4) is 0 Å². The van der Waals surface area contributed by atoms with Crippen LogP contribution >= 0.6 is 23.2 Å². The van der Waals surface area contributed by atoms with Gasteiger partial charge >= 0.3 is 6.18 Å². The van der Waals surface area contributed by atoms with E-state index in [0.717, 1.165) is 0 Å². The Bertz CT molecular complexity index is 377. The highest BCUT2D eigenvalue weighted by Gasteiger charge is 2.37. The molecule has 0 bridgehead atoms. The first-order valence-corrected chi connectivity index (χ1v) is 5.42. The van der Waals surface area contributed by atoms with Crippen molar-refractivity contribution < 1.29 is 18.3 Å². The Kier molecular flexibility index (Phi) is 4.66. The highest BCUT2D eigenvalue weighted by molar-refractivity contribution is 6.34. The van der Waals surface area contributed by atoms with Crippen molar-refractivity contribution in [1.82, 2.24) is 0 Å². The zero-order valence-electron chi connectivity index (χ0n) is 8.51. The lowest BCUT2D eigenvalue weighted by atomic mass is 10.0. The molecule has 0 saturated carbocycles. The summed E-state index contributed by atoms with van der Waals surface area (Å²) in [5.41, 5.74) is 5.12. The Morgan fingerprint density at radius 1 is 1.18 bits per heavy atom. The molecule has 3 N–H and O–H groups in total. The molecule has 0 heterocycles. The van der Waals surface area contributed by atoms with Crippen molar-refractivity contribution in [2.24, 2.45) is 5.73 Å². The Balaban J connectivity index is 2.79. The van der Waals surface area contributed by atoms with Gasteiger partial charge < -0.3 is 10.8 Å². The van der Waals surface area contributed by atoms with Gasteiger partial charge in [-0.2, -0.15) is 13.2 Å². The molecule has 0 aliphatic rings. The van der Waals surface area contributed by atoms with E-state index in [1.54, 1.807) is 0 Å². The number of hydrogen-bond acceptors (Lipinski definition) is 2. The van der Waals surface area contributed by atoms with Crippen LogP contribution in [0.4, 0.5) is 13.2 Å². The van der Waals surface area contributed by atoms with Gasteiger partial charge in [-0.1, -0.05) is 23.2 Å². The summed E-state index contributed by atoms with van der Waals surface area (Å²) in [5.74, 6) is 0. The van der Waals surface area contributed by atoms with E-state index in [0.29, 0.717) is 0 Å². The molecule has 0 amide bonds. The fourth-order valence-electron chi connectivity index (χ4n) is 1.28. The number of nitrogens with two attached hydrogens (primary N) is 1. The molecule has 2 nitrogen and oxygen atoms in total. The Labute approximate surface area is 106 Å². The van der Waals surface area contributed by atoms with Crippen molar-refractivity contribution in [1.29, 1.82) is 0 Å². The molecule has 0 saturated heterocycles. The predicted octanol–water partition coefficient (Wildman–Crippen LogP) is 3.31. The average Bonchev–Trinajstić information content (AvgIpc) is 2.14. The first-order valence-electron chi connectivity index (χ1n) is 4.66. The van der Waals surface area contributed by atoms with Crippen LogP contribution in [-0.2, 0) is 0 Å². The Morgan fingerprint density at radius 2 is 1.65 bits per heavy atom. The van der Waals surface area contributed by atoms with Gasteiger partial charge in [-0.3, -0.25) is 0 Å². The molecule has 0 spiro atoms. The van der Waals surface area contributed by atoms with Crippen LogP contribution in [0.25, 0.3) is 0 Å². The standard InChI is InChI=1S/C10H10Cl2F3NO/c11-6-1-5(2-7(12)3-6)8(17)4-9(16)10(13,14)15/h1-3,8-9,17H,4,16H2/t8-,9-/m0/s1. The summed E-state index contributed by atoms with van der Waals surface area (Å²) in [7, 11) is 0. The van der Waals surface area contributed by atoms with Gasteiger partial charge in [-0.05, 0) is 23.8 Å². The maximum atomic E-state index is 12.2. The zero-order valence-corrected chi connectivity index (χ0v) is 10.0. The normalized spacial score (nSPS) is 15.7. The van der Waals surface area contributed by atoms with E-state index in [1.165, 1.54) is 18.2 Å². The summed E-state index contributed by atoms with van der Waals surface area (Å²) in [4.78, 5) is 0. The van der Waals surface area contributed by atoms with E-state index in [1.807, 2.05) is 0 Å². The lowest BCUT2D eigenvalue weighted by Gasteiger charge is -2.19. The number of aliphatic hydroxyl groups excluding tert-OH is 1. The van der Waals surface area contributed by atoms with Gasteiger partial charge in [-0.15, -0.1) is 0 Å². The van der Waals surface area contributed by atoms with Crippen molar-refractivity contribution in [3.63, 3.8) is 0 Å². The molecule has 0 aliphatic heterocycles. The van der Waals surface area contributed by atoms with Gasteiger partial charge in [0.2, 0.25) is 0 Å². The van der Waals surface area contributed by atoms with E-state index in [2.05, 4.69) is 0 Å². The lowest BCUT2D eigenvalue weighted by molar-refractivity contribution is -0.153. The van der Waals surface area contributed by atoms with Gasteiger partial charge in [0, 0.05) is 16.5 Å². The summed E-state index contributed by atoms with van der Waals surface area (Å²) in [6, 6.07) is 2.03. The van der Waals surface area contributed by atoms with E-state index in [4.69, 9.17) is 28.9 Å². The predicted molar refractivity (Wildman–Crippen MR) is 60.1 cm³/mol. The Hall–Kier alpha value is -0.490. The van der Waals surface area contributed by atoms with Crippen molar-refractivity contribution in [2.45, 2.75) is 24.7 Å². The second-order valence-corrected chi connectivity index (χ2v) is 4.48. The topological polar surface area (TPSA) is 46.2 Å². The highest BCUT2D eigenvalue weighted by atomic mass is 35.5. The van der Waals surface area contributed by atoms with Crippen LogP contribution in [0.2, 0.25) is 10.0 Å². The summed E-state index contributed by atoms with van der Waals surface area (Å²) in [6.45, 7) is 0. The number of rotatable bonds is 3. The molecule has 0 fully saturated rings. The fourth-order valence-corrected chi connectivity index (χ4v) is 1.82. The number of aliphatic hydroxyl groups is 1. The van der Waals surface area contributed by atoms with Crippen LogP contribution in [-0.4, -0.2) is 17.3 Å². The molecule has 0 aromatic heterocycles. The molecule has 1 aromatic rings. The molecule has 1 rings (SSSR count). The first-order chi connectivity index (χ1) is 7.70. The van der Waals surface area contributed by atoms with Gasteiger partial charge in [0.1, 0.15) is 6.04 Å². The van der Waals surface area contributed by atoms with E-state index in [-0.39, 0.29) is 15.6 Å². The molecule has 96 valence electrons. The van der Waals surface area contributed by atoms with Crippen molar-refractivity contribution in [2.75, 3.05) is 0 Å². The van der Waals surface area contributed by atoms with E-state index < -0.39 is 24.7 Å². The van der Waals surface area contributed by atoms with Crippen LogP contribution in [0.15, 0.2) is 18.2 Å². The molecular weight excluding hydrogens is 278 g/mol. The van der Waals surface area contributed by atoms with Gasteiger partial charge in [0.15, 0.2) is 0 Å². The smallest absolute Gasteiger partial charge is 0.388 e. The van der Waals surface area contributed by atoms with Gasteiger partial charge in [-0.25, -0.2) is 0 Å². The third-order valence-corrected chi connectivity index (χ3v) is 2.60. The van der Waals surface area contributed by atoms with Crippen molar-refractivity contribution in [3.8, 4) is 0 Å². The molecule has 0 aliphatic carbocycles. The summed E-state index contributed by atoms with van der Waals surface area (Å²) >= 11 is 11.3. The maximum absolute atomic E-state index is 12.2. The molecule has 7 heteroatoms. The highest BCUT2D eigenvalue weighted by Crippen LogP contribution is 2.29. The minimum absolute atomic E-state index is 0.210. The molecule has 2 atom stereocenters. The zero-order chi connectivity index (χ0) is 13.2. The number of halogens is 5. The number of hydrogen-bond donors (Lipinski definition) is 2. The molecule has 17 heavy (non-hydrogen) atoms. The first kappa shape index (κ1) is 14.6. The quantitative estimate of drug-likeness (QED) is 0.896. The average molecular weight is 288 g/mol. The second kappa shape index (κ2) is 5.44. The lowest BCUT2D eigenvalue weighted by Crippen LogP contribution is -2.38. The summed E-state index contributed by atoms with van der Waals surface area (Å²) in [5, 5.41) is 10.1. The fraction of sp³-hybridized carbons (Fsp3) is 0.400. The minimum Gasteiger partial charge on any atom is -0.388 e. The van der Waals surface area contributed by atoms with Crippen molar-refractivity contribution in [3.05, 3.63) is 33.8 Å². The summed E-state index contributed by atoms with van der Waals surface area (Å²) in [6.07, 6.45) is -6.54. The maximum Gasteiger partial charge on any atom is 0.403 e. The SMILES string of the molecule is N[C@@H](C[C@H](O)c1cc(Cl)cc(Cl)c1)C(F)(F)F. The molecular formula is C10H10Cl2F3NO. The summed E-state index contributed by atoms with van der Waals surface area (Å²) < 4.78 is 36.6. The number of alkyl halides is 3. The largest absolute Gasteiger partial charge is 0.403 e.